The normalized spacial score (nSPS) is 21.2. The summed E-state index contributed by atoms with van der Waals surface area (Å²) in [6.07, 6.45) is 5.48. The molecule has 0 amide bonds. The molecule has 0 spiro atoms. The summed E-state index contributed by atoms with van der Waals surface area (Å²) >= 11 is 0. The predicted octanol–water partition coefficient (Wildman–Crippen LogP) is 3.23. The van der Waals surface area contributed by atoms with Crippen LogP contribution in [0.15, 0.2) is 28.8 Å². The molecule has 1 fully saturated rings. The van der Waals surface area contributed by atoms with Gasteiger partial charge in [0.2, 0.25) is 11.7 Å². The first-order valence-electron chi connectivity index (χ1n) is 7.49. The van der Waals surface area contributed by atoms with Gasteiger partial charge < -0.3 is 15.0 Å². The number of ether oxygens (including phenoxy) is 1. The van der Waals surface area contributed by atoms with Crippen LogP contribution in [-0.2, 0) is 6.42 Å². The number of rotatable bonds is 4. The number of nitrogens with zero attached hydrogens (tertiary/aromatic N) is 2. The molecule has 0 saturated heterocycles. The van der Waals surface area contributed by atoms with E-state index < -0.39 is 0 Å². The Balaban J connectivity index is 0.00000176. The zero-order chi connectivity index (χ0) is 14.7. The highest BCUT2D eigenvalue weighted by molar-refractivity contribution is 5.85. The molecule has 6 heteroatoms. The fourth-order valence-electron chi connectivity index (χ4n) is 2.99. The monoisotopic (exact) mass is 323 g/mol. The van der Waals surface area contributed by atoms with Crippen molar-refractivity contribution in [1.82, 2.24) is 10.1 Å². The third-order valence-electron chi connectivity index (χ3n) is 4.22. The van der Waals surface area contributed by atoms with E-state index in [1.54, 1.807) is 7.11 Å². The van der Waals surface area contributed by atoms with E-state index in [-0.39, 0.29) is 18.4 Å². The Labute approximate surface area is 136 Å². The molecule has 1 aliphatic rings. The zero-order valence-electron chi connectivity index (χ0n) is 12.7. The van der Waals surface area contributed by atoms with Crippen LogP contribution in [0, 0.1) is 5.92 Å². The van der Waals surface area contributed by atoms with Gasteiger partial charge in [0.1, 0.15) is 5.75 Å². The van der Waals surface area contributed by atoms with Crippen LogP contribution in [0.1, 0.15) is 31.6 Å². The summed E-state index contributed by atoms with van der Waals surface area (Å²) in [5.41, 5.74) is 7.03. The Morgan fingerprint density at radius 3 is 2.82 bits per heavy atom. The highest BCUT2D eigenvalue weighted by atomic mass is 35.5. The fraction of sp³-hybridized carbons (Fsp3) is 0.500. The lowest BCUT2D eigenvalue weighted by atomic mass is 9.83. The van der Waals surface area contributed by atoms with Gasteiger partial charge in [-0.1, -0.05) is 30.1 Å². The summed E-state index contributed by atoms with van der Waals surface area (Å²) in [6, 6.07) is 7.93. The van der Waals surface area contributed by atoms with Crippen molar-refractivity contribution < 1.29 is 9.26 Å². The van der Waals surface area contributed by atoms with Gasteiger partial charge in [0, 0.05) is 12.5 Å². The summed E-state index contributed by atoms with van der Waals surface area (Å²) in [5, 5.41) is 4.08. The highest BCUT2D eigenvalue weighted by Gasteiger charge is 2.24. The molecule has 2 unspecified atom stereocenters. The maximum atomic E-state index is 6.18. The molecule has 0 radical (unpaired) electrons. The van der Waals surface area contributed by atoms with Gasteiger partial charge in [0.05, 0.1) is 12.7 Å². The van der Waals surface area contributed by atoms with Crippen LogP contribution in [0.25, 0.3) is 11.4 Å². The van der Waals surface area contributed by atoms with Gasteiger partial charge in [-0.05, 0) is 30.9 Å². The Bertz CT molecular complexity index is 603. The average Bonchev–Trinajstić information content (AvgIpc) is 2.98. The maximum absolute atomic E-state index is 6.18. The van der Waals surface area contributed by atoms with Gasteiger partial charge in [-0.3, -0.25) is 0 Å². The number of hydrogen-bond donors (Lipinski definition) is 1. The number of halogens is 1. The lowest BCUT2D eigenvalue weighted by molar-refractivity contribution is 0.273. The molecule has 2 aromatic rings. The molecule has 120 valence electrons. The van der Waals surface area contributed by atoms with Crippen LogP contribution < -0.4 is 10.5 Å². The molecule has 3 rings (SSSR count). The van der Waals surface area contributed by atoms with Crippen molar-refractivity contribution in [2.75, 3.05) is 7.11 Å². The van der Waals surface area contributed by atoms with Crippen molar-refractivity contribution in [3.63, 3.8) is 0 Å². The van der Waals surface area contributed by atoms with Crippen LogP contribution >= 0.6 is 12.4 Å². The van der Waals surface area contributed by atoms with Crippen LogP contribution in [0.4, 0.5) is 0 Å². The van der Waals surface area contributed by atoms with E-state index in [0.29, 0.717) is 17.6 Å². The van der Waals surface area contributed by atoms with Gasteiger partial charge in [-0.15, -0.1) is 12.4 Å². The maximum Gasteiger partial charge on any atom is 0.227 e. The zero-order valence-corrected chi connectivity index (χ0v) is 13.5. The number of aromatic nitrogens is 2. The first-order chi connectivity index (χ1) is 10.3. The van der Waals surface area contributed by atoms with E-state index in [4.69, 9.17) is 15.0 Å². The van der Waals surface area contributed by atoms with E-state index in [0.717, 1.165) is 30.6 Å². The number of nitrogens with two attached hydrogens (primary N) is 1. The quantitative estimate of drug-likeness (QED) is 0.935. The largest absolute Gasteiger partial charge is 0.496 e. The molecule has 2 N–H and O–H groups in total. The van der Waals surface area contributed by atoms with E-state index in [1.165, 1.54) is 12.8 Å². The SMILES string of the molecule is COc1ccccc1-c1noc(CC2CCCCC2N)n1.Cl. The molecule has 1 aromatic heterocycles. The smallest absolute Gasteiger partial charge is 0.227 e. The topological polar surface area (TPSA) is 74.2 Å². The number of para-hydroxylation sites is 1. The minimum absolute atomic E-state index is 0. The summed E-state index contributed by atoms with van der Waals surface area (Å²) in [7, 11) is 1.64. The van der Waals surface area contributed by atoms with Crippen molar-refractivity contribution in [1.29, 1.82) is 0 Å². The fourth-order valence-corrected chi connectivity index (χ4v) is 2.99. The van der Waals surface area contributed by atoms with Crippen molar-refractivity contribution in [3.8, 4) is 17.1 Å². The highest BCUT2D eigenvalue weighted by Crippen LogP contribution is 2.29. The third-order valence-corrected chi connectivity index (χ3v) is 4.22. The summed E-state index contributed by atoms with van der Waals surface area (Å²) in [5.74, 6) is 2.44. The van der Waals surface area contributed by atoms with Crippen LogP contribution in [0.3, 0.4) is 0 Å². The van der Waals surface area contributed by atoms with E-state index in [1.807, 2.05) is 24.3 Å². The van der Waals surface area contributed by atoms with Gasteiger partial charge >= 0.3 is 0 Å². The Hall–Kier alpha value is -1.59. The van der Waals surface area contributed by atoms with Gasteiger partial charge in [0.25, 0.3) is 0 Å². The third kappa shape index (κ3) is 3.59. The van der Waals surface area contributed by atoms with Crippen molar-refractivity contribution in [2.45, 2.75) is 38.1 Å². The molecule has 0 bridgehead atoms. The van der Waals surface area contributed by atoms with Gasteiger partial charge in [0.15, 0.2) is 0 Å². The first kappa shape index (κ1) is 16.8. The van der Waals surface area contributed by atoms with Crippen LogP contribution in [0.5, 0.6) is 5.75 Å². The molecule has 5 nitrogen and oxygen atoms in total. The molecule has 1 aliphatic carbocycles. The second kappa shape index (κ2) is 7.61. The standard InChI is InChI=1S/C16H21N3O2.ClH/c1-20-14-9-5-3-7-12(14)16-18-15(21-19-16)10-11-6-2-4-8-13(11)17;/h3,5,7,9,11,13H,2,4,6,8,10,17H2,1H3;1H. The molecular formula is C16H22ClN3O2. The predicted molar refractivity (Wildman–Crippen MR) is 87.2 cm³/mol. The van der Waals surface area contributed by atoms with E-state index >= 15 is 0 Å². The lowest BCUT2D eigenvalue weighted by Crippen LogP contribution is -2.34. The van der Waals surface area contributed by atoms with Crippen molar-refractivity contribution in [2.24, 2.45) is 11.7 Å². The lowest BCUT2D eigenvalue weighted by Gasteiger charge is -2.27. The Kier molecular flexibility index (Phi) is 5.80. The molecule has 1 saturated carbocycles. The number of hydrogen-bond acceptors (Lipinski definition) is 5. The van der Waals surface area contributed by atoms with Crippen LogP contribution in [0.2, 0.25) is 0 Å². The Morgan fingerprint density at radius 1 is 1.27 bits per heavy atom. The Morgan fingerprint density at radius 2 is 2.05 bits per heavy atom. The molecular weight excluding hydrogens is 302 g/mol. The van der Waals surface area contributed by atoms with Gasteiger partial charge in [-0.2, -0.15) is 4.98 Å². The van der Waals surface area contributed by atoms with Gasteiger partial charge in [-0.25, -0.2) is 0 Å². The van der Waals surface area contributed by atoms with Crippen molar-refractivity contribution in [3.05, 3.63) is 30.2 Å². The molecule has 1 heterocycles. The molecule has 22 heavy (non-hydrogen) atoms. The molecule has 2 atom stereocenters. The molecule has 0 aliphatic heterocycles. The second-order valence-corrected chi connectivity index (χ2v) is 5.62. The van der Waals surface area contributed by atoms with E-state index in [9.17, 15) is 0 Å². The average molecular weight is 324 g/mol. The molecule has 1 aromatic carbocycles. The number of benzene rings is 1. The summed E-state index contributed by atoms with van der Waals surface area (Å²) in [4.78, 5) is 4.50. The first-order valence-corrected chi connectivity index (χ1v) is 7.49. The van der Waals surface area contributed by atoms with Crippen molar-refractivity contribution >= 4 is 12.4 Å². The minimum atomic E-state index is 0. The summed E-state index contributed by atoms with van der Waals surface area (Å²) in [6.45, 7) is 0. The summed E-state index contributed by atoms with van der Waals surface area (Å²) < 4.78 is 10.7. The van der Waals surface area contributed by atoms with Crippen LogP contribution in [-0.4, -0.2) is 23.3 Å². The minimum Gasteiger partial charge on any atom is -0.496 e. The number of methoxy groups -OCH3 is 1. The van der Waals surface area contributed by atoms with E-state index in [2.05, 4.69) is 10.1 Å². The second-order valence-electron chi connectivity index (χ2n) is 5.62.